The number of halogens is 1. The number of carbonyl (C=O) groups is 1. The van der Waals surface area contributed by atoms with Gasteiger partial charge in [0.1, 0.15) is 0 Å². The van der Waals surface area contributed by atoms with Crippen LogP contribution in [0.1, 0.15) is 26.3 Å². The van der Waals surface area contributed by atoms with E-state index >= 15 is 0 Å². The minimum absolute atomic E-state index is 0.100. The lowest BCUT2D eigenvalue weighted by Crippen LogP contribution is -2.14. The highest BCUT2D eigenvalue weighted by Crippen LogP contribution is 2.28. The minimum atomic E-state index is -0.129. The fraction of sp³-hybridized carbons (Fsp3) is 0.250. The number of carbonyl (C=O) groups excluding carboxylic acids is 1. The summed E-state index contributed by atoms with van der Waals surface area (Å²) in [7, 11) is 1.92. The van der Waals surface area contributed by atoms with Crippen LogP contribution in [0.3, 0.4) is 0 Å². The van der Waals surface area contributed by atoms with Crippen molar-refractivity contribution in [1.82, 2.24) is 19.7 Å². The van der Waals surface area contributed by atoms with E-state index in [1.807, 2.05) is 41.3 Å². The summed E-state index contributed by atoms with van der Waals surface area (Å²) in [6.45, 7) is 6.58. The van der Waals surface area contributed by atoms with Gasteiger partial charge in [-0.25, -0.2) is 4.98 Å². The number of amides is 1. The quantitative estimate of drug-likeness (QED) is 0.286. The first-order chi connectivity index (χ1) is 15.7. The van der Waals surface area contributed by atoms with E-state index < -0.39 is 0 Å². The fourth-order valence-corrected chi connectivity index (χ4v) is 4.89. The number of hydrogen-bond acceptors (Lipinski definition) is 6. The van der Waals surface area contributed by atoms with Gasteiger partial charge < -0.3 is 9.88 Å². The van der Waals surface area contributed by atoms with E-state index in [9.17, 15) is 4.79 Å². The second-order valence-electron chi connectivity index (χ2n) is 8.57. The summed E-state index contributed by atoms with van der Waals surface area (Å²) >= 11 is 6.19. The van der Waals surface area contributed by atoms with Gasteiger partial charge in [-0.1, -0.05) is 84.9 Å². The number of thiazole rings is 1. The highest BCUT2D eigenvalue weighted by Gasteiger charge is 2.16. The maximum atomic E-state index is 12.5. The van der Waals surface area contributed by atoms with Gasteiger partial charge in [0.05, 0.1) is 11.4 Å². The van der Waals surface area contributed by atoms with Gasteiger partial charge in [-0.15, -0.1) is 21.5 Å². The summed E-state index contributed by atoms with van der Waals surface area (Å²) in [6.07, 6.45) is 0. The second-order valence-corrected chi connectivity index (χ2v) is 11.3. The Morgan fingerprint density at radius 3 is 2.39 bits per heavy atom. The van der Waals surface area contributed by atoms with Crippen LogP contribution in [0.2, 0.25) is 0 Å². The molecule has 0 atom stereocenters. The zero-order chi connectivity index (χ0) is 23.6. The zero-order valence-corrected chi connectivity index (χ0v) is 22.0. The van der Waals surface area contributed by atoms with Gasteiger partial charge in [-0.05, 0) is 23.1 Å². The summed E-state index contributed by atoms with van der Waals surface area (Å²) in [6, 6.07) is 16.3. The smallest absolute Gasteiger partial charge is 0.236 e. The molecule has 0 spiro atoms. The molecule has 1 amide bonds. The molecule has 4 rings (SSSR count). The molecule has 1 N–H and O–H groups in total. The van der Waals surface area contributed by atoms with Gasteiger partial charge in [0.15, 0.2) is 16.1 Å². The molecular weight excluding hydrogens is 518 g/mol. The standard InChI is InChI=1S/C24H24BrN5OS2/c1-24(2,3)17-9-5-16(6-10-17)21-28-29-23(30(21)4)33-14-20(31)27-22-26-19(13-32-22)15-7-11-18(25)12-8-15/h5-13H,14H2,1-4H3,(H,26,27,31). The predicted octanol–water partition coefficient (Wildman–Crippen LogP) is 6.40. The lowest BCUT2D eigenvalue weighted by molar-refractivity contribution is -0.113. The van der Waals surface area contributed by atoms with Crippen LogP contribution in [0.4, 0.5) is 5.13 Å². The lowest BCUT2D eigenvalue weighted by Gasteiger charge is -2.19. The molecule has 33 heavy (non-hydrogen) atoms. The summed E-state index contributed by atoms with van der Waals surface area (Å²) in [5.74, 6) is 0.871. The minimum Gasteiger partial charge on any atom is -0.305 e. The van der Waals surface area contributed by atoms with Crippen LogP contribution in [-0.2, 0) is 17.3 Å². The van der Waals surface area contributed by atoms with Crippen LogP contribution >= 0.6 is 39.0 Å². The molecule has 0 radical (unpaired) electrons. The molecule has 0 unspecified atom stereocenters. The lowest BCUT2D eigenvalue weighted by atomic mass is 9.87. The third kappa shape index (κ3) is 5.72. The van der Waals surface area contributed by atoms with Gasteiger partial charge in [0.2, 0.25) is 5.91 Å². The maximum Gasteiger partial charge on any atom is 0.236 e. The van der Waals surface area contributed by atoms with Crippen LogP contribution in [0.5, 0.6) is 0 Å². The van der Waals surface area contributed by atoms with E-state index in [-0.39, 0.29) is 17.1 Å². The van der Waals surface area contributed by atoms with E-state index in [2.05, 4.69) is 81.5 Å². The molecule has 2 aromatic heterocycles. The number of rotatable bonds is 6. The molecule has 6 nitrogen and oxygen atoms in total. The summed E-state index contributed by atoms with van der Waals surface area (Å²) in [4.78, 5) is 17.0. The Morgan fingerprint density at radius 2 is 1.73 bits per heavy atom. The van der Waals surface area contributed by atoms with E-state index in [4.69, 9.17) is 0 Å². The SMILES string of the molecule is Cn1c(SCC(=O)Nc2nc(-c3ccc(Br)cc3)cs2)nnc1-c1ccc(C(C)(C)C)cc1. The zero-order valence-electron chi connectivity index (χ0n) is 18.8. The van der Waals surface area contributed by atoms with Gasteiger partial charge in [-0.2, -0.15) is 0 Å². The van der Waals surface area contributed by atoms with Crippen molar-refractivity contribution in [3.05, 3.63) is 63.9 Å². The normalized spacial score (nSPS) is 11.5. The monoisotopic (exact) mass is 541 g/mol. The third-order valence-electron chi connectivity index (χ3n) is 5.07. The van der Waals surface area contributed by atoms with Crippen molar-refractivity contribution in [2.45, 2.75) is 31.3 Å². The molecule has 0 aliphatic rings. The number of anilines is 1. The molecule has 0 aliphatic heterocycles. The first-order valence-corrected chi connectivity index (χ1v) is 13.0. The third-order valence-corrected chi connectivity index (χ3v) is 7.37. The Morgan fingerprint density at radius 1 is 1.06 bits per heavy atom. The van der Waals surface area contributed by atoms with Crippen LogP contribution < -0.4 is 5.32 Å². The molecule has 2 heterocycles. The van der Waals surface area contributed by atoms with Crippen molar-refractivity contribution >= 4 is 50.1 Å². The van der Waals surface area contributed by atoms with Gasteiger partial charge in [0.25, 0.3) is 0 Å². The Kier molecular flexibility index (Phi) is 7.02. The Balaban J connectivity index is 1.36. The number of benzene rings is 2. The largest absolute Gasteiger partial charge is 0.305 e. The highest BCUT2D eigenvalue weighted by molar-refractivity contribution is 9.10. The number of thioether (sulfide) groups is 1. The average molecular weight is 543 g/mol. The number of nitrogens with one attached hydrogen (secondary N) is 1. The van der Waals surface area contributed by atoms with E-state index in [1.54, 1.807) is 0 Å². The van der Waals surface area contributed by atoms with E-state index in [0.717, 1.165) is 27.1 Å². The summed E-state index contributed by atoms with van der Waals surface area (Å²) in [5, 5.41) is 14.7. The van der Waals surface area contributed by atoms with Crippen molar-refractivity contribution in [1.29, 1.82) is 0 Å². The van der Waals surface area contributed by atoms with Gasteiger partial charge >= 0.3 is 0 Å². The molecule has 0 saturated heterocycles. The predicted molar refractivity (Wildman–Crippen MR) is 140 cm³/mol. The molecule has 9 heteroatoms. The van der Waals surface area contributed by atoms with Gasteiger partial charge in [0, 0.05) is 28.0 Å². The van der Waals surface area contributed by atoms with Gasteiger partial charge in [-0.3, -0.25) is 4.79 Å². The number of aromatic nitrogens is 4. The van der Waals surface area contributed by atoms with Crippen molar-refractivity contribution in [2.75, 3.05) is 11.1 Å². The molecule has 4 aromatic rings. The average Bonchev–Trinajstić information content (AvgIpc) is 3.39. The summed E-state index contributed by atoms with van der Waals surface area (Å²) < 4.78 is 2.93. The first-order valence-electron chi connectivity index (χ1n) is 10.3. The van der Waals surface area contributed by atoms with Crippen LogP contribution in [0, 0.1) is 0 Å². The fourth-order valence-electron chi connectivity index (χ4n) is 3.18. The molecule has 2 aromatic carbocycles. The van der Waals surface area contributed by atoms with Crippen molar-refractivity contribution in [2.24, 2.45) is 7.05 Å². The summed E-state index contributed by atoms with van der Waals surface area (Å²) in [5.41, 5.74) is 4.21. The van der Waals surface area contributed by atoms with Crippen LogP contribution in [0.15, 0.2) is 63.5 Å². The maximum absolute atomic E-state index is 12.5. The molecule has 170 valence electrons. The first kappa shape index (κ1) is 23.7. The molecule has 0 bridgehead atoms. The number of hydrogen-bond donors (Lipinski definition) is 1. The van der Waals surface area contributed by atoms with E-state index in [0.29, 0.717) is 10.3 Å². The highest BCUT2D eigenvalue weighted by atomic mass is 79.9. The molecule has 0 aliphatic carbocycles. The van der Waals surface area contributed by atoms with Crippen molar-refractivity contribution in [3.8, 4) is 22.6 Å². The Labute approximate surface area is 210 Å². The Hall–Kier alpha value is -2.49. The molecule has 0 fully saturated rings. The van der Waals surface area contributed by atoms with Crippen molar-refractivity contribution in [3.63, 3.8) is 0 Å². The second kappa shape index (κ2) is 9.79. The van der Waals surface area contributed by atoms with Crippen LogP contribution in [-0.4, -0.2) is 31.4 Å². The molecule has 0 saturated carbocycles. The number of nitrogens with zero attached hydrogens (tertiary/aromatic N) is 4. The van der Waals surface area contributed by atoms with Crippen molar-refractivity contribution < 1.29 is 4.79 Å². The van der Waals surface area contributed by atoms with E-state index in [1.165, 1.54) is 28.7 Å². The Bertz CT molecular complexity index is 1260. The topological polar surface area (TPSA) is 72.7 Å². The van der Waals surface area contributed by atoms with Crippen LogP contribution in [0.25, 0.3) is 22.6 Å². The molecular formula is C24H24BrN5OS2.